The highest BCUT2D eigenvalue weighted by molar-refractivity contribution is 6.34. The van der Waals surface area contributed by atoms with Crippen molar-refractivity contribution in [2.45, 2.75) is 19.4 Å². The van der Waals surface area contributed by atoms with Gasteiger partial charge in [0.2, 0.25) is 0 Å². The number of hydrogen-bond acceptors (Lipinski definition) is 5. The van der Waals surface area contributed by atoms with E-state index in [-0.39, 0.29) is 6.04 Å². The van der Waals surface area contributed by atoms with Crippen LogP contribution >= 0.6 is 11.6 Å². The molecule has 6 heteroatoms. The predicted molar refractivity (Wildman–Crippen MR) is 81.3 cm³/mol. The quantitative estimate of drug-likeness (QED) is 0.659. The van der Waals surface area contributed by atoms with E-state index in [0.717, 1.165) is 19.5 Å². The first-order valence-corrected chi connectivity index (χ1v) is 7.10. The third-order valence-corrected chi connectivity index (χ3v) is 3.65. The minimum atomic E-state index is -0.407. The van der Waals surface area contributed by atoms with Crippen LogP contribution in [0.2, 0.25) is 5.02 Å². The first-order chi connectivity index (χ1) is 9.51. The molecule has 1 heterocycles. The minimum absolute atomic E-state index is 0.273. The van der Waals surface area contributed by atoms with Crippen LogP contribution < -0.4 is 11.1 Å². The Labute approximate surface area is 124 Å². The summed E-state index contributed by atoms with van der Waals surface area (Å²) < 4.78 is 5.06. The van der Waals surface area contributed by atoms with Crippen molar-refractivity contribution in [3.8, 4) is 0 Å². The summed E-state index contributed by atoms with van der Waals surface area (Å²) in [5, 5.41) is 3.79. The molecule has 1 saturated heterocycles. The van der Waals surface area contributed by atoms with E-state index >= 15 is 0 Å². The van der Waals surface area contributed by atoms with Crippen LogP contribution in [0.5, 0.6) is 0 Å². The number of esters is 1. The van der Waals surface area contributed by atoms with Gasteiger partial charge in [-0.3, -0.25) is 0 Å². The lowest BCUT2D eigenvalue weighted by Crippen LogP contribution is -2.25. The third kappa shape index (κ3) is 3.35. The van der Waals surface area contributed by atoms with Gasteiger partial charge in [0.1, 0.15) is 0 Å². The van der Waals surface area contributed by atoms with Crippen LogP contribution in [0.25, 0.3) is 0 Å². The van der Waals surface area contributed by atoms with Crippen LogP contribution in [-0.4, -0.2) is 43.7 Å². The van der Waals surface area contributed by atoms with E-state index in [1.54, 1.807) is 19.1 Å². The first kappa shape index (κ1) is 14.9. The van der Waals surface area contributed by atoms with Crippen molar-refractivity contribution in [3.63, 3.8) is 0 Å². The molecule has 110 valence electrons. The van der Waals surface area contributed by atoms with E-state index < -0.39 is 5.97 Å². The van der Waals surface area contributed by atoms with E-state index in [4.69, 9.17) is 22.1 Å². The highest BCUT2D eigenvalue weighted by Crippen LogP contribution is 2.31. The van der Waals surface area contributed by atoms with Gasteiger partial charge in [0, 0.05) is 18.3 Å². The molecule has 1 atom stereocenters. The maximum atomic E-state index is 12.0. The summed E-state index contributed by atoms with van der Waals surface area (Å²) in [6.07, 6.45) is 1.01. The Hall–Kier alpha value is -1.46. The molecule has 0 amide bonds. The highest BCUT2D eigenvalue weighted by Gasteiger charge is 2.23. The number of likely N-dealkylation sites (N-methyl/N-ethyl adjacent to an activating group) is 1. The first-order valence-electron chi connectivity index (χ1n) is 6.72. The Balaban J connectivity index is 2.27. The zero-order valence-electron chi connectivity index (χ0n) is 11.8. The predicted octanol–water partition coefficient (Wildman–Crippen LogP) is 2.21. The number of benzene rings is 1. The summed E-state index contributed by atoms with van der Waals surface area (Å²) in [4.78, 5) is 14.3. The number of carbonyl (C=O) groups is 1. The van der Waals surface area contributed by atoms with Crippen molar-refractivity contribution in [2.24, 2.45) is 0 Å². The van der Waals surface area contributed by atoms with Gasteiger partial charge in [0.15, 0.2) is 0 Å². The fourth-order valence-electron chi connectivity index (χ4n) is 2.40. The molecule has 0 spiro atoms. The second kappa shape index (κ2) is 6.33. The zero-order valence-corrected chi connectivity index (χ0v) is 12.5. The Bertz CT molecular complexity index is 507. The molecule has 0 aromatic heterocycles. The fraction of sp³-hybridized carbons (Fsp3) is 0.500. The van der Waals surface area contributed by atoms with E-state index in [1.807, 2.05) is 0 Å². The molecular weight excluding hydrogens is 278 g/mol. The number of nitrogen functional groups attached to an aromatic ring is 1. The number of anilines is 2. The lowest BCUT2D eigenvalue weighted by atomic mass is 10.1. The van der Waals surface area contributed by atoms with Gasteiger partial charge in [-0.25, -0.2) is 4.79 Å². The maximum Gasteiger partial charge on any atom is 0.340 e. The Kier molecular flexibility index (Phi) is 4.73. The number of carbonyl (C=O) groups excluding carboxylic acids is 1. The average Bonchev–Trinajstić information content (AvgIpc) is 2.78. The molecule has 5 nitrogen and oxygen atoms in total. The monoisotopic (exact) mass is 297 g/mol. The summed E-state index contributed by atoms with van der Waals surface area (Å²) in [6.45, 7) is 4.03. The van der Waals surface area contributed by atoms with Gasteiger partial charge in [0.05, 0.1) is 22.9 Å². The molecule has 2 rings (SSSR count). The van der Waals surface area contributed by atoms with Crippen LogP contribution in [0.15, 0.2) is 12.1 Å². The largest absolute Gasteiger partial charge is 0.462 e. The molecule has 0 aliphatic carbocycles. The highest BCUT2D eigenvalue weighted by atomic mass is 35.5. The molecule has 1 fully saturated rings. The second-order valence-corrected chi connectivity index (χ2v) is 5.45. The van der Waals surface area contributed by atoms with E-state index in [9.17, 15) is 4.79 Å². The number of likely N-dealkylation sites (tertiary alicyclic amines) is 1. The van der Waals surface area contributed by atoms with Crippen LogP contribution in [0, 0.1) is 0 Å². The summed E-state index contributed by atoms with van der Waals surface area (Å²) in [5.41, 5.74) is 7.22. The Morgan fingerprint density at radius 1 is 1.60 bits per heavy atom. The van der Waals surface area contributed by atoms with Crippen molar-refractivity contribution in [2.75, 3.05) is 37.8 Å². The summed E-state index contributed by atoms with van der Waals surface area (Å²) in [7, 11) is 2.07. The number of nitrogens with one attached hydrogen (secondary N) is 1. The van der Waals surface area contributed by atoms with Gasteiger partial charge in [0.25, 0.3) is 0 Å². The summed E-state index contributed by atoms with van der Waals surface area (Å²) in [5.74, 6) is -0.407. The Morgan fingerprint density at radius 2 is 2.35 bits per heavy atom. The molecular formula is C14H20ClN3O2. The molecule has 1 aliphatic heterocycles. The number of rotatable bonds is 4. The molecule has 0 saturated carbocycles. The SMILES string of the molecule is CCOC(=O)c1cc(N)cc(Cl)c1NC1CCN(C)C1. The van der Waals surface area contributed by atoms with Crippen molar-refractivity contribution in [3.05, 3.63) is 22.7 Å². The molecule has 1 aromatic rings. The molecule has 1 aromatic carbocycles. The fourth-order valence-corrected chi connectivity index (χ4v) is 2.68. The zero-order chi connectivity index (χ0) is 14.7. The molecule has 0 bridgehead atoms. The van der Waals surface area contributed by atoms with Gasteiger partial charge < -0.3 is 20.7 Å². The van der Waals surface area contributed by atoms with Gasteiger partial charge in [-0.05, 0) is 39.1 Å². The number of hydrogen-bond donors (Lipinski definition) is 2. The van der Waals surface area contributed by atoms with Crippen LogP contribution in [-0.2, 0) is 4.74 Å². The van der Waals surface area contributed by atoms with Gasteiger partial charge in [-0.15, -0.1) is 0 Å². The molecule has 20 heavy (non-hydrogen) atoms. The van der Waals surface area contributed by atoms with Crippen molar-refractivity contribution >= 4 is 28.9 Å². The summed E-state index contributed by atoms with van der Waals surface area (Å²) in [6, 6.07) is 3.52. The van der Waals surface area contributed by atoms with E-state index in [0.29, 0.717) is 28.6 Å². The van der Waals surface area contributed by atoms with Crippen LogP contribution in [0.1, 0.15) is 23.7 Å². The molecule has 1 unspecified atom stereocenters. The number of ether oxygens (including phenoxy) is 1. The standard InChI is InChI=1S/C14H20ClN3O2/c1-3-20-14(19)11-6-9(16)7-12(15)13(11)17-10-4-5-18(2)8-10/h6-7,10,17H,3-5,8,16H2,1-2H3. The molecule has 1 aliphatic rings. The summed E-state index contributed by atoms with van der Waals surface area (Å²) >= 11 is 6.23. The van der Waals surface area contributed by atoms with Gasteiger partial charge in [-0.2, -0.15) is 0 Å². The maximum absolute atomic E-state index is 12.0. The molecule has 3 N–H and O–H groups in total. The topological polar surface area (TPSA) is 67.6 Å². The van der Waals surface area contributed by atoms with Gasteiger partial charge in [-0.1, -0.05) is 11.6 Å². The molecule has 0 radical (unpaired) electrons. The number of halogens is 1. The Morgan fingerprint density at radius 3 is 2.95 bits per heavy atom. The van der Waals surface area contributed by atoms with Crippen molar-refractivity contribution in [1.29, 1.82) is 0 Å². The second-order valence-electron chi connectivity index (χ2n) is 5.04. The van der Waals surface area contributed by atoms with Crippen molar-refractivity contribution in [1.82, 2.24) is 4.90 Å². The number of nitrogens with two attached hydrogens (primary N) is 1. The van der Waals surface area contributed by atoms with Crippen LogP contribution in [0.4, 0.5) is 11.4 Å². The van der Waals surface area contributed by atoms with Crippen molar-refractivity contribution < 1.29 is 9.53 Å². The normalized spacial score (nSPS) is 19.1. The third-order valence-electron chi connectivity index (χ3n) is 3.35. The van der Waals surface area contributed by atoms with Gasteiger partial charge >= 0.3 is 5.97 Å². The van der Waals surface area contributed by atoms with Crippen LogP contribution in [0.3, 0.4) is 0 Å². The number of nitrogens with zero attached hydrogens (tertiary/aromatic N) is 1. The average molecular weight is 298 g/mol. The minimum Gasteiger partial charge on any atom is -0.462 e. The lowest BCUT2D eigenvalue weighted by molar-refractivity contribution is 0.0527. The van der Waals surface area contributed by atoms with E-state index in [2.05, 4.69) is 17.3 Å². The lowest BCUT2D eigenvalue weighted by Gasteiger charge is -2.18. The van der Waals surface area contributed by atoms with E-state index in [1.165, 1.54) is 0 Å². The smallest absolute Gasteiger partial charge is 0.340 e.